The third-order valence-corrected chi connectivity index (χ3v) is 6.03. The summed E-state index contributed by atoms with van der Waals surface area (Å²) in [6.45, 7) is 11.7. The average molecular weight is 420 g/mol. The van der Waals surface area contributed by atoms with Gasteiger partial charge in [0.05, 0.1) is 17.8 Å². The van der Waals surface area contributed by atoms with Crippen LogP contribution in [0.25, 0.3) is 5.82 Å². The van der Waals surface area contributed by atoms with Gasteiger partial charge in [-0.15, -0.1) is 0 Å². The number of nitrogens with one attached hydrogen (secondary N) is 1. The molecule has 0 saturated carbocycles. The zero-order valence-electron chi connectivity index (χ0n) is 18.3. The molecule has 0 aromatic carbocycles. The third-order valence-electron chi connectivity index (χ3n) is 5.67. The second-order valence-corrected chi connectivity index (χ2v) is 8.92. The summed E-state index contributed by atoms with van der Waals surface area (Å²) in [5, 5.41) is 4.34. The van der Waals surface area contributed by atoms with Gasteiger partial charge in [-0.3, -0.25) is 4.98 Å². The molecule has 4 rings (SSSR count). The molecule has 0 spiro atoms. The Labute approximate surface area is 184 Å². The molecule has 1 aliphatic heterocycles. The van der Waals surface area contributed by atoms with Crippen LogP contribution in [0.1, 0.15) is 54.1 Å². The van der Waals surface area contributed by atoms with Crippen LogP contribution in [-0.2, 0) is 0 Å². The van der Waals surface area contributed by atoms with E-state index in [1.165, 1.54) is 17.0 Å². The lowest BCUT2D eigenvalue weighted by atomic mass is 9.96. The number of nitrogens with zero attached hydrogens (tertiary/aromatic N) is 4. The van der Waals surface area contributed by atoms with Crippen LogP contribution in [0.2, 0.25) is 0 Å². The fraction of sp³-hybridized carbons (Fsp3) is 0.375. The molecule has 5 nitrogen and oxygen atoms in total. The van der Waals surface area contributed by atoms with Gasteiger partial charge in [0.2, 0.25) is 0 Å². The van der Waals surface area contributed by atoms with E-state index in [1.807, 2.05) is 24.5 Å². The molecule has 1 saturated heterocycles. The summed E-state index contributed by atoms with van der Waals surface area (Å²) in [4.78, 5) is 11.6. The zero-order valence-corrected chi connectivity index (χ0v) is 19.1. The highest BCUT2D eigenvalue weighted by Crippen LogP contribution is 2.41. The molecule has 0 unspecified atom stereocenters. The Morgan fingerprint density at radius 1 is 1.10 bits per heavy atom. The van der Waals surface area contributed by atoms with Crippen LogP contribution in [-0.4, -0.2) is 31.1 Å². The number of hydrogen-bond donors (Lipinski definition) is 1. The first-order chi connectivity index (χ1) is 14.4. The summed E-state index contributed by atoms with van der Waals surface area (Å²) in [5.41, 5.74) is 5.79. The highest BCUT2D eigenvalue weighted by Gasteiger charge is 2.41. The van der Waals surface area contributed by atoms with Crippen molar-refractivity contribution < 1.29 is 0 Å². The van der Waals surface area contributed by atoms with Crippen LogP contribution < -0.4 is 5.32 Å². The zero-order chi connectivity index (χ0) is 21.4. The minimum absolute atomic E-state index is 0.0115. The van der Waals surface area contributed by atoms with Crippen molar-refractivity contribution >= 4 is 17.3 Å². The second-order valence-electron chi connectivity index (χ2n) is 8.53. The van der Waals surface area contributed by atoms with Crippen LogP contribution >= 0.6 is 12.2 Å². The Hall–Kier alpha value is -2.73. The van der Waals surface area contributed by atoms with Crippen LogP contribution in [0.5, 0.6) is 0 Å². The van der Waals surface area contributed by atoms with Crippen molar-refractivity contribution in [1.82, 2.24) is 24.8 Å². The van der Waals surface area contributed by atoms with Gasteiger partial charge in [-0.25, -0.2) is 4.98 Å². The number of hydrogen-bond acceptors (Lipinski definition) is 3. The Kier molecular flexibility index (Phi) is 5.60. The Morgan fingerprint density at radius 3 is 2.53 bits per heavy atom. The summed E-state index contributed by atoms with van der Waals surface area (Å²) >= 11 is 5.77. The normalized spacial score (nSPS) is 18.9. The number of pyridine rings is 2. The van der Waals surface area contributed by atoms with E-state index >= 15 is 0 Å². The smallest absolute Gasteiger partial charge is 0.170 e. The Balaban J connectivity index is 1.83. The van der Waals surface area contributed by atoms with Gasteiger partial charge in [0, 0.05) is 30.3 Å². The van der Waals surface area contributed by atoms with Crippen molar-refractivity contribution in [3.8, 4) is 5.82 Å². The van der Waals surface area contributed by atoms with Crippen molar-refractivity contribution in [1.29, 1.82) is 0 Å². The van der Waals surface area contributed by atoms with E-state index in [0.717, 1.165) is 28.7 Å². The maximum absolute atomic E-state index is 5.77. The molecule has 1 N–H and O–H groups in total. The monoisotopic (exact) mass is 419 g/mol. The second kappa shape index (κ2) is 8.19. The first kappa shape index (κ1) is 20.5. The quantitative estimate of drug-likeness (QED) is 0.601. The summed E-state index contributed by atoms with van der Waals surface area (Å²) in [5.74, 6) is 1.44. The third kappa shape index (κ3) is 3.72. The molecular formula is C24H29N5S. The highest BCUT2D eigenvalue weighted by atomic mass is 32.1. The predicted molar refractivity (Wildman–Crippen MR) is 125 cm³/mol. The number of aromatic nitrogens is 3. The SMILES string of the molecule is Cc1ccc(-n2c(C)cc([C@@H]3[C@@H](c4ccccn4)NC(=S)N3CC(C)C)c2C)nc1. The summed E-state index contributed by atoms with van der Waals surface area (Å²) in [7, 11) is 0. The average Bonchev–Trinajstić information content (AvgIpc) is 3.19. The van der Waals surface area contributed by atoms with Crippen molar-refractivity contribution in [2.45, 2.75) is 46.7 Å². The van der Waals surface area contributed by atoms with Gasteiger partial charge in [-0.2, -0.15) is 0 Å². The van der Waals surface area contributed by atoms with Gasteiger partial charge >= 0.3 is 0 Å². The van der Waals surface area contributed by atoms with Gasteiger partial charge in [0.25, 0.3) is 0 Å². The number of thiocarbonyl (C=S) groups is 1. The van der Waals surface area contributed by atoms with Gasteiger partial charge in [-0.05, 0) is 74.3 Å². The standard InChI is InChI=1S/C24H29N5S/c1-15(2)14-28-23(22(27-24(28)30)20-8-6-7-11-25-20)19-12-17(4)29(18(19)5)21-10-9-16(3)13-26-21/h6-13,15,22-23H,14H2,1-5H3,(H,27,30)/t22-,23-/m1/s1. The van der Waals surface area contributed by atoms with Gasteiger partial charge in [0.1, 0.15) is 5.82 Å². The largest absolute Gasteiger partial charge is 0.352 e. The molecule has 6 heteroatoms. The lowest BCUT2D eigenvalue weighted by Gasteiger charge is -2.29. The Bertz CT molecular complexity index is 1040. The molecule has 3 aromatic heterocycles. The van der Waals surface area contributed by atoms with E-state index in [9.17, 15) is 0 Å². The molecule has 2 atom stereocenters. The van der Waals surface area contributed by atoms with Crippen molar-refractivity contribution in [2.75, 3.05) is 6.54 Å². The van der Waals surface area contributed by atoms with Crippen LogP contribution in [0, 0.1) is 26.7 Å². The molecule has 0 radical (unpaired) electrons. The maximum atomic E-state index is 5.77. The molecule has 3 aromatic rings. The predicted octanol–water partition coefficient (Wildman–Crippen LogP) is 4.82. The van der Waals surface area contributed by atoms with E-state index in [-0.39, 0.29) is 12.1 Å². The van der Waals surface area contributed by atoms with Crippen LogP contribution in [0.4, 0.5) is 0 Å². The van der Waals surface area contributed by atoms with Crippen molar-refractivity contribution in [3.63, 3.8) is 0 Å². The molecular weight excluding hydrogens is 390 g/mol. The topological polar surface area (TPSA) is 46.0 Å². The fourth-order valence-electron chi connectivity index (χ4n) is 4.37. The molecule has 1 fully saturated rings. The molecule has 1 aliphatic rings. The minimum atomic E-state index is 0.0115. The van der Waals surface area contributed by atoms with Crippen molar-refractivity contribution in [3.05, 3.63) is 77.0 Å². The van der Waals surface area contributed by atoms with Gasteiger partial charge < -0.3 is 14.8 Å². The van der Waals surface area contributed by atoms with Gasteiger partial charge in [0.15, 0.2) is 5.11 Å². The van der Waals surface area contributed by atoms with E-state index in [0.29, 0.717) is 5.92 Å². The molecule has 0 amide bonds. The van der Waals surface area contributed by atoms with Crippen LogP contribution in [0.3, 0.4) is 0 Å². The summed E-state index contributed by atoms with van der Waals surface area (Å²) in [6.07, 6.45) is 3.77. The first-order valence-electron chi connectivity index (χ1n) is 10.5. The number of rotatable bonds is 5. The molecule has 4 heterocycles. The molecule has 30 heavy (non-hydrogen) atoms. The van der Waals surface area contributed by atoms with E-state index in [1.54, 1.807) is 0 Å². The lowest BCUT2D eigenvalue weighted by molar-refractivity contribution is 0.287. The van der Waals surface area contributed by atoms with Crippen LogP contribution in [0.15, 0.2) is 48.8 Å². The Morgan fingerprint density at radius 2 is 1.90 bits per heavy atom. The fourth-order valence-corrected chi connectivity index (χ4v) is 4.68. The molecule has 156 valence electrons. The molecule has 0 aliphatic carbocycles. The van der Waals surface area contributed by atoms with E-state index in [4.69, 9.17) is 12.2 Å². The van der Waals surface area contributed by atoms with Gasteiger partial charge in [-0.1, -0.05) is 26.0 Å². The van der Waals surface area contributed by atoms with E-state index < -0.39 is 0 Å². The number of aryl methyl sites for hydroxylation is 2. The highest BCUT2D eigenvalue weighted by molar-refractivity contribution is 7.80. The maximum Gasteiger partial charge on any atom is 0.170 e. The van der Waals surface area contributed by atoms with E-state index in [2.05, 4.69) is 83.6 Å². The summed E-state index contributed by atoms with van der Waals surface area (Å²) < 4.78 is 2.24. The minimum Gasteiger partial charge on any atom is -0.352 e. The molecule has 0 bridgehead atoms. The lowest BCUT2D eigenvalue weighted by Crippen LogP contribution is -2.33. The first-order valence-corrected chi connectivity index (χ1v) is 10.9. The summed E-state index contributed by atoms with van der Waals surface area (Å²) in [6, 6.07) is 12.6. The van der Waals surface area contributed by atoms with Crippen molar-refractivity contribution in [2.24, 2.45) is 5.92 Å².